The van der Waals surface area contributed by atoms with Gasteiger partial charge in [-0.3, -0.25) is 9.63 Å². The SMILES string of the molecule is CONC(=O)CCc1nc2ccccc2s1. The van der Waals surface area contributed by atoms with Crippen LogP contribution >= 0.6 is 11.3 Å². The van der Waals surface area contributed by atoms with Crippen molar-refractivity contribution in [1.29, 1.82) is 0 Å². The highest BCUT2D eigenvalue weighted by Gasteiger charge is 2.06. The normalized spacial score (nSPS) is 10.6. The van der Waals surface area contributed by atoms with Crippen LogP contribution in [-0.2, 0) is 16.1 Å². The van der Waals surface area contributed by atoms with E-state index in [4.69, 9.17) is 0 Å². The first-order chi connectivity index (χ1) is 7.79. The van der Waals surface area contributed by atoms with Crippen LogP contribution in [0.4, 0.5) is 0 Å². The Morgan fingerprint density at radius 2 is 2.31 bits per heavy atom. The van der Waals surface area contributed by atoms with Crippen molar-refractivity contribution in [2.45, 2.75) is 12.8 Å². The first-order valence-corrected chi connectivity index (χ1v) is 5.77. The summed E-state index contributed by atoms with van der Waals surface area (Å²) in [7, 11) is 1.43. The molecule has 0 aliphatic heterocycles. The summed E-state index contributed by atoms with van der Waals surface area (Å²) in [6.45, 7) is 0. The van der Waals surface area contributed by atoms with Gasteiger partial charge in [-0.1, -0.05) is 12.1 Å². The highest BCUT2D eigenvalue weighted by Crippen LogP contribution is 2.22. The number of para-hydroxylation sites is 1. The molecule has 2 rings (SSSR count). The fourth-order valence-corrected chi connectivity index (χ4v) is 2.38. The molecule has 0 saturated carbocycles. The number of carbonyl (C=O) groups is 1. The van der Waals surface area contributed by atoms with E-state index < -0.39 is 0 Å². The Labute approximate surface area is 97.2 Å². The van der Waals surface area contributed by atoms with Gasteiger partial charge >= 0.3 is 0 Å². The number of aromatic nitrogens is 1. The number of aryl methyl sites for hydroxylation is 1. The minimum atomic E-state index is -0.123. The molecule has 16 heavy (non-hydrogen) atoms. The van der Waals surface area contributed by atoms with Crippen molar-refractivity contribution in [3.63, 3.8) is 0 Å². The maximum atomic E-state index is 11.2. The highest BCUT2D eigenvalue weighted by atomic mass is 32.1. The lowest BCUT2D eigenvalue weighted by Gasteiger charge is -1.98. The number of thiazole rings is 1. The monoisotopic (exact) mass is 236 g/mol. The van der Waals surface area contributed by atoms with E-state index in [0.717, 1.165) is 15.2 Å². The zero-order valence-electron chi connectivity index (χ0n) is 8.90. The molecule has 1 heterocycles. The second-order valence-corrected chi connectivity index (χ2v) is 4.42. The van der Waals surface area contributed by atoms with E-state index in [-0.39, 0.29) is 5.91 Å². The molecule has 0 radical (unpaired) electrons. The molecule has 5 heteroatoms. The second kappa shape index (κ2) is 5.05. The van der Waals surface area contributed by atoms with Crippen LogP contribution in [0.1, 0.15) is 11.4 Å². The third kappa shape index (κ3) is 2.56. The Hall–Kier alpha value is -1.46. The van der Waals surface area contributed by atoms with Gasteiger partial charge in [0.05, 0.1) is 22.3 Å². The number of rotatable bonds is 4. The minimum Gasteiger partial charge on any atom is -0.277 e. The molecule has 0 aliphatic carbocycles. The molecule has 2 aromatic rings. The number of hydrogen-bond acceptors (Lipinski definition) is 4. The molecule has 1 N–H and O–H groups in total. The van der Waals surface area contributed by atoms with Crippen molar-refractivity contribution in [2.24, 2.45) is 0 Å². The number of nitrogens with one attached hydrogen (secondary N) is 1. The Morgan fingerprint density at radius 1 is 1.50 bits per heavy atom. The van der Waals surface area contributed by atoms with Crippen molar-refractivity contribution in [1.82, 2.24) is 10.5 Å². The van der Waals surface area contributed by atoms with E-state index in [2.05, 4.69) is 15.3 Å². The molecule has 0 fully saturated rings. The molecule has 1 aromatic heterocycles. The lowest BCUT2D eigenvalue weighted by Crippen LogP contribution is -2.21. The summed E-state index contributed by atoms with van der Waals surface area (Å²) in [5.41, 5.74) is 3.28. The van der Waals surface area contributed by atoms with Gasteiger partial charge < -0.3 is 0 Å². The maximum absolute atomic E-state index is 11.2. The van der Waals surface area contributed by atoms with Crippen LogP contribution in [0.2, 0.25) is 0 Å². The second-order valence-electron chi connectivity index (χ2n) is 3.30. The number of benzene rings is 1. The summed E-state index contributed by atoms with van der Waals surface area (Å²) in [5, 5.41) is 0.979. The van der Waals surface area contributed by atoms with Crippen molar-refractivity contribution in [3.8, 4) is 0 Å². The summed E-state index contributed by atoms with van der Waals surface area (Å²) in [4.78, 5) is 20.1. The van der Waals surface area contributed by atoms with Gasteiger partial charge in [-0.15, -0.1) is 11.3 Å². The van der Waals surface area contributed by atoms with Crippen LogP contribution in [0.25, 0.3) is 10.2 Å². The van der Waals surface area contributed by atoms with Crippen molar-refractivity contribution < 1.29 is 9.63 Å². The summed E-state index contributed by atoms with van der Waals surface area (Å²) in [6.07, 6.45) is 1.04. The lowest BCUT2D eigenvalue weighted by molar-refractivity contribution is -0.131. The molecular formula is C11H12N2O2S. The molecule has 4 nitrogen and oxygen atoms in total. The standard InChI is InChI=1S/C11H12N2O2S/c1-15-13-10(14)6-7-11-12-8-4-2-3-5-9(8)16-11/h2-5H,6-7H2,1H3,(H,13,14). The molecular weight excluding hydrogens is 224 g/mol. The van der Waals surface area contributed by atoms with Crippen molar-refractivity contribution >= 4 is 27.5 Å². The number of carbonyl (C=O) groups excluding carboxylic acids is 1. The Bertz CT molecular complexity index is 462. The number of fused-ring (bicyclic) bond motifs is 1. The average molecular weight is 236 g/mol. The van der Waals surface area contributed by atoms with Crippen LogP contribution in [-0.4, -0.2) is 18.0 Å². The summed E-state index contributed by atoms with van der Waals surface area (Å²) in [6, 6.07) is 7.96. The molecule has 1 amide bonds. The smallest absolute Gasteiger partial charge is 0.243 e. The molecule has 0 aliphatic rings. The lowest BCUT2D eigenvalue weighted by atomic mass is 10.3. The van der Waals surface area contributed by atoms with E-state index in [9.17, 15) is 4.79 Å². The van der Waals surface area contributed by atoms with E-state index in [1.54, 1.807) is 11.3 Å². The van der Waals surface area contributed by atoms with Gasteiger partial charge in [-0.05, 0) is 12.1 Å². The van der Waals surface area contributed by atoms with Gasteiger partial charge in [0.25, 0.3) is 0 Å². The number of hydrogen-bond donors (Lipinski definition) is 1. The minimum absolute atomic E-state index is 0.123. The molecule has 0 saturated heterocycles. The molecule has 0 bridgehead atoms. The van der Waals surface area contributed by atoms with Gasteiger partial charge in [-0.25, -0.2) is 10.5 Å². The molecule has 84 valence electrons. The van der Waals surface area contributed by atoms with Crippen LogP contribution in [0.5, 0.6) is 0 Å². The van der Waals surface area contributed by atoms with E-state index in [1.807, 2.05) is 24.3 Å². The number of amides is 1. The summed E-state index contributed by atoms with van der Waals surface area (Å²) >= 11 is 1.63. The summed E-state index contributed by atoms with van der Waals surface area (Å²) < 4.78 is 1.16. The topological polar surface area (TPSA) is 51.2 Å². The third-order valence-corrected chi connectivity index (χ3v) is 3.22. The van der Waals surface area contributed by atoms with Gasteiger partial charge in [0.1, 0.15) is 0 Å². The van der Waals surface area contributed by atoms with Crippen LogP contribution in [0.3, 0.4) is 0 Å². The molecule has 0 unspecified atom stereocenters. The van der Waals surface area contributed by atoms with Gasteiger partial charge in [0.2, 0.25) is 5.91 Å². The zero-order chi connectivity index (χ0) is 11.4. The van der Waals surface area contributed by atoms with Crippen LogP contribution in [0, 0.1) is 0 Å². The predicted octanol–water partition coefficient (Wildman–Crippen LogP) is 1.91. The third-order valence-electron chi connectivity index (χ3n) is 2.12. The Balaban J connectivity index is 2.02. The van der Waals surface area contributed by atoms with Crippen molar-refractivity contribution in [2.75, 3.05) is 7.11 Å². The predicted molar refractivity (Wildman–Crippen MR) is 63.1 cm³/mol. The quantitative estimate of drug-likeness (QED) is 0.825. The molecule has 0 spiro atoms. The first kappa shape index (κ1) is 11.0. The van der Waals surface area contributed by atoms with Gasteiger partial charge in [0.15, 0.2) is 0 Å². The van der Waals surface area contributed by atoms with E-state index in [1.165, 1.54) is 7.11 Å². The van der Waals surface area contributed by atoms with Crippen LogP contribution < -0.4 is 5.48 Å². The first-order valence-electron chi connectivity index (χ1n) is 4.96. The number of hydroxylamine groups is 1. The van der Waals surface area contributed by atoms with E-state index in [0.29, 0.717) is 12.8 Å². The average Bonchev–Trinajstić information content (AvgIpc) is 2.69. The molecule has 1 aromatic carbocycles. The Morgan fingerprint density at radius 3 is 3.06 bits per heavy atom. The van der Waals surface area contributed by atoms with Gasteiger partial charge in [-0.2, -0.15) is 0 Å². The highest BCUT2D eigenvalue weighted by molar-refractivity contribution is 7.18. The summed E-state index contributed by atoms with van der Waals surface area (Å²) in [5.74, 6) is -0.123. The molecule has 0 atom stereocenters. The number of nitrogens with zero attached hydrogens (tertiary/aromatic N) is 1. The van der Waals surface area contributed by atoms with Crippen LogP contribution in [0.15, 0.2) is 24.3 Å². The maximum Gasteiger partial charge on any atom is 0.243 e. The largest absolute Gasteiger partial charge is 0.277 e. The fraction of sp³-hybridized carbons (Fsp3) is 0.273. The fourth-order valence-electron chi connectivity index (χ4n) is 1.41. The zero-order valence-corrected chi connectivity index (χ0v) is 9.71. The van der Waals surface area contributed by atoms with Gasteiger partial charge in [0, 0.05) is 12.8 Å². The Kier molecular flexibility index (Phi) is 3.48. The van der Waals surface area contributed by atoms with E-state index >= 15 is 0 Å². The van der Waals surface area contributed by atoms with Crippen molar-refractivity contribution in [3.05, 3.63) is 29.3 Å².